The van der Waals surface area contributed by atoms with Crippen LogP contribution in [0, 0.1) is 19.7 Å². The van der Waals surface area contributed by atoms with Crippen molar-refractivity contribution in [2.75, 3.05) is 31.5 Å². The van der Waals surface area contributed by atoms with E-state index in [9.17, 15) is 12.8 Å². The number of halogens is 1. The lowest BCUT2D eigenvalue weighted by Gasteiger charge is -2.35. The van der Waals surface area contributed by atoms with Crippen LogP contribution in [-0.4, -0.2) is 48.9 Å². The Balaban J connectivity index is 1.61. The molecular formula is C19H22FN3O2S2. The minimum Gasteiger partial charge on any atom is -0.346 e. The van der Waals surface area contributed by atoms with Crippen molar-refractivity contribution in [3.8, 4) is 0 Å². The molecule has 1 heterocycles. The molecule has 0 atom stereocenters. The molecule has 8 heteroatoms. The highest BCUT2D eigenvalue weighted by Gasteiger charge is 2.29. The molecule has 1 N–H and O–H groups in total. The van der Waals surface area contributed by atoms with Crippen LogP contribution in [-0.2, 0) is 10.0 Å². The number of piperazine rings is 1. The van der Waals surface area contributed by atoms with Crippen molar-refractivity contribution in [1.29, 1.82) is 0 Å². The van der Waals surface area contributed by atoms with Crippen molar-refractivity contribution in [2.24, 2.45) is 0 Å². The van der Waals surface area contributed by atoms with Gasteiger partial charge in [-0.2, -0.15) is 4.31 Å². The molecule has 0 amide bonds. The van der Waals surface area contributed by atoms with Gasteiger partial charge in [0.05, 0.1) is 4.90 Å². The minimum atomic E-state index is -3.50. The minimum absolute atomic E-state index is 0.295. The first kappa shape index (κ1) is 19.7. The van der Waals surface area contributed by atoms with Crippen LogP contribution in [0.1, 0.15) is 11.1 Å². The predicted octanol–water partition coefficient (Wildman–Crippen LogP) is 3.15. The zero-order chi connectivity index (χ0) is 19.6. The van der Waals surface area contributed by atoms with E-state index in [4.69, 9.17) is 12.2 Å². The molecule has 0 aliphatic carbocycles. The molecule has 1 fully saturated rings. The molecule has 3 rings (SSSR count). The van der Waals surface area contributed by atoms with E-state index in [1.165, 1.54) is 10.4 Å². The van der Waals surface area contributed by atoms with Crippen LogP contribution in [0.3, 0.4) is 0 Å². The third kappa shape index (κ3) is 4.45. The Bertz CT molecular complexity index is 938. The Labute approximate surface area is 164 Å². The van der Waals surface area contributed by atoms with Crippen molar-refractivity contribution in [1.82, 2.24) is 9.21 Å². The third-order valence-corrected chi connectivity index (χ3v) is 6.88. The van der Waals surface area contributed by atoms with Crippen LogP contribution < -0.4 is 5.32 Å². The lowest BCUT2D eigenvalue weighted by molar-refractivity contribution is 0.268. The topological polar surface area (TPSA) is 52.7 Å². The second-order valence-corrected chi connectivity index (χ2v) is 8.92. The number of sulfonamides is 1. The highest BCUT2D eigenvalue weighted by molar-refractivity contribution is 7.89. The largest absolute Gasteiger partial charge is 0.346 e. The summed E-state index contributed by atoms with van der Waals surface area (Å²) in [4.78, 5) is 2.20. The third-order valence-electron chi connectivity index (χ3n) is 4.61. The standard InChI is InChI=1S/C19H22FN3O2S2/c1-14-3-7-17(8-4-14)27(24,25)23-11-9-22(10-12-23)19(26)21-16-6-5-15(2)18(20)13-16/h3-8,13H,9-12H2,1-2H3,(H,21,26). The number of nitrogens with one attached hydrogen (secondary N) is 1. The van der Waals surface area contributed by atoms with Crippen LogP contribution in [0.15, 0.2) is 47.4 Å². The van der Waals surface area contributed by atoms with Crippen molar-refractivity contribution in [3.05, 3.63) is 59.4 Å². The SMILES string of the molecule is Cc1ccc(S(=O)(=O)N2CCN(C(=S)Nc3ccc(C)c(F)c3)CC2)cc1. The molecule has 1 aliphatic heterocycles. The predicted molar refractivity (Wildman–Crippen MR) is 109 cm³/mol. The van der Waals surface area contributed by atoms with E-state index in [1.807, 2.05) is 11.8 Å². The molecule has 27 heavy (non-hydrogen) atoms. The fraction of sp³-hybridized carbons (Fsp3) is 0.316. The van der Waals surface area contributed by atoms with Gasteiger partial charge in [-0.15, -0.1) is 0 Å². The second-order valence-electron chi connectivity index (χ2n) is 6.60. The second kappa shape index (κ2) is 7.92. The number of nitrogens with zero attached hydrogens (tertiary/aromatic N) is 2. The van der Waals surface area contributed by atoms with Gasteiger partial charge in [-0.1, -0.05) is 23.8 Å². The molecular weight excluding hydrogens is 385 g/mol. The van der Waals surface area contributed by atoms with E-state index in [1.54, 1.807) is 43.3 Å². The molecule has 0 radical (unpaired) electrons. The summed E-state index contributed by atoms with van der Waals surface area (Å²) in [6, 6.07) is 11.7. The molecule has 1 saturated heterocycles. The first-order chi connectivity index (χ1) is 12.8. The van der Waals surface area contributed by atoms with Gasteiger partial charge in [0.15, 0.2) is 5.11 Å². The van der Waals surface area contributed by atoms with Gasteiger partial charge in [0.25, 0.3) is 0 Å². The van der Waals surface area contributed by atoms with E-state index in [0.717, 1.165) is 5.56 Å². The summed E-state index contributed by atoms with van der Waals surface area (Å²) >= 11 is 5.40. The molecule has 144 valence electrons. The van der Waals surface area contributed by atoms with E-state index >= 15 is 0 Å². The maximum Gasteiger partial charge on any atom is 0.243 e. The Morgan fingerprint density at radius 2 is 1.67 bits per heavy atom. The Morgan fingerprint density at radius 3 is 2.26 bits per heavy atom. The molecule has 0 aromatic heterocycles. The van der Waals surface area contributed by atoms with Crippen LogP contribution >= 0.6 is 12.2 Å². The van der Waals surface area contributed by atoms with E-state index in [-0.39, 0.29) is 5.82 Å². The molecule has 0 unspecified atom stereocenters. The number of aryl methyl sites for hydroxylation is 2. The monoisotopic (exact) mass is 407 g/mol. The first-order valence-corrected chi connectivity index (χ1v) is 10.5. The molecule has 0 spiro atoms. The zero-order valence-electron chi connectivity index (χ0n) is 15.3. The Hall–Kier alpha value is -2.03. The van der Waals surface area contributed by atoms with Crippen molar-refractivity contribution in [3.63, 3.8) is 0 Å². The molecule has 0 bridgehead atoms. The lowest BCUT2D eigenvalue weighted by atomic mass is 10.2. The smallest absolute Gasteiger partial charge is 0.243 e. The summed E-state index contributed by atoms with van der Waals surface area (Å²) in [6.45, 7) is 5.27. The summed E-state index contributed by atoms with van der Waals surface area (Å²) < 4.78 is 40.7. The normalized spacial score (nSPS) is 15.6. The van der Waals surface area contributed by atoms with Gasteiger partial charge >= 0.3 is 0 Å². The number of hydrogen-bond donors (Lipinski definition) is 1. The maximum atomic E-state index is 13.7. The fourth-order valence-corrected chi connectivity index (χ4v) is 4.59. The summed E-state index contributed by atoms with van der Waals surface area (Å²) in [6.07, 6.45) is 0. The van der Waals surface area contributed by atoms with Gasteiger partial charge in [0.2, 0.25) is 10.0 Å². The van der Waals surface area contributed by atoms with Crippen molar-refractivity contribution >= 4 is 33.0 Å². The summed E-state index contributed by atoms with van der Waals surface area (Å²) in [5.74, 6) is -0.295. The Morgan fingerprint density at radius 1 is 1.04 bits per heavy atom. The van der Waals surface area contributed by atoms with Crippen molar-refractivity contribution in [2.45, 2.75) is 18.7 Å². The number of benzene rings is 2. The molecule has 5 nitrogen and oxygen atoms in total. The summed E-state index contributed by atoms with van der Waals surface area (Å²) in [5, 5.41) is 3.48. The van der Waals surface area contributed by atoms with Gasteiger partial charge in [0, 0.05) is 31.9 Å². The van der Waals surface area contributed by atoms with E-state index in [2.05, 4.69) is 5.32 Å². The zero-order valence-corrected chi connectivity index (χ0v) is 16.9. The van der Waals surface area contributed by atoms with Crippen LogP contribution in [0.5, 0.6) is 0 Å². The summed E-state index contributed by atoms with van der Waals surface area (Å²) in [5.41, 5.74) is 2.17. The molecule has 2 aromatic carbocycles. The van der Waals surface area contributed by atoms with E-state index < -0.39 is 10.0 Å². The Kier molecular flexibility index (Phi) is 5.78. The quantitative estimate of drug-likeness (QED) is 0.793. The molecule has 0 saturated carbocycles. The highest BCUT2D eigenvalue weighted by atomic mass is 32.2. The number of hydrogen-bond acceptors (Lipinski definition) is 3. The van der Waals surface area contributed by atoms with Gasteiger partial charge < -0.3 is 10.2 Å². The maximum absolute atomic E-state index is 13.7. The molecule has 1 aliphatic rings. The van der Waals surface area contributed by atoms with Gasteiger partial charge in [-0.05, 0) is 55.9 Å². The average molecular weight is 408 g/mol. The number of anilines is 1. The van der Waals surface area contributed by atoms with Crippen LogP contribution in [0.25, 0.3) is 0 Å². The van der Waals surface area contributed by atoms with Gasteiger partial charge in [-0.25, -0.2) is 12.8 Å². The van der Waals surface area contributed by atoms with Gasteiger partial charge in [0.1, 0.15) is 5.82 Å². The summed E-state index contributed by atoms with van der Waals surface area (Å²) in [7, 11) is -3.50. The number of thiocarbonyl (C=S) groups is 1. The van der Waals surface area contributed by atoms with Crippen LogP contribution in [0.4, 0.5) is 10.1 Å². The van der Waals surface area contributed by atoms with Gasteiger partial charge in [-0.3, -0.25) is 0 Å². The highest BCUT2D eigenvalue weighted by Crippen LogP contribution is 2.19. The first-order valence-electron chi connectivity index (χ1n) is 8.66. The van der Waals surface area contributed by atoms with E-state index in [0.29, 0.717) is 47.4 Å². The molecule has 2 aromatic rings. The van der Waals surface area contributed by atoms with Crippen LogP contribution in [0.2, 0.25) is 0 Å². The lowest BCUT2D eigenvalue weighted by Crippen LogP contribution is -2.51. The number of rotatable bonds is 3. The fourth-order valence-electron chi connectivity index (χ4n) is 2.86. The van der Waals surface area contributed by atoms with Crippen molar-refractivity contribution < 1.29 is 12.8 Å². The average Bonchev–Trinajstić information content (AvgIpc) is 2.65.